The van der Waals surface area contributed by atoms with Gasteiger partial charge in [-0.15, -0.1) is 0 Å². The van der Waals surface area contributed by atoms with Gasteiger partial charge in [0.05, 0.1) is 11.0 Å². The Kier molecular flexibility index (Phi) is 5.74. The molecule has 1 atom stereocenters. The highest BCUT2D eigenvalue weighted by molar-refractivity contribution is 5.73. The van der Waals surface area contributed by atoms with Crippen LogP contribution in [0.2, 0.25) is 0 Å². The van der Waals surface area contributed by atoms with Crippen LogP contribution in [0.4, 0.5) is 10.5 Å². The molecule has 0 spiro atoms. The first-order valence-electron chi connectivity index (χ1n) is 5.92. The lowest BCUT2D eigenvalue weighted by molar-refractivity contribution is -0.384. The zero-order valence-electron chi connectivity index (χ0n) is 10.6. The van der Waals surface area contributed by atoms with E-state index in [1.807, 2.05) is 0 Å². The molecular weight excluding hydrogens is 250 g/mol. The van der Waals surface area contributed by atoms with Crippen molar-refractivity contribution in [2.45, 2.75) is 26.0 Å². The van der Waals surface area contributed by atoms with Gasteiger partial charge in [0.2, 0.25) is 0 Å². The van der Waals surface area contributed by atoms with Gasteiger partial charge in [0.15, 0.2) is 0 Å². The SMILES string of the molecule is CC(O)CCNC(=O)NCc1cccc([N+](=O)[O-])c1. The number of aliphatic hydroxyl groups excluding tert-OH is 1. The number of nitro groups is 1. The van der Waals surface area contributed by atoms with Gasteiger partial charge < -0.3 is 15.7 Å². The first kappa shape index (κ1) is 14.9. The molecule has 0 aliphatic heterocycles. The second kappa shape index (κ2) is 7.32. The fourth-order valence-electron chi connectivity index (χ4n) is 1.42. The fraction of sp³-hybridized carbons (Fsp3) is 0.417. The number of rotatable bonds is 6. The third-order valence-electron chi connectivity index (χ3n) is 2.42. The van der Waals surface area contributed by atoms with Crippen molar-refractivity contribution in [2.75, 3.05) is 6.54 Å². The van der Waals surface area contributed by atoms with Gasteiger partial charge in [-0.1, -0.05) is 12.1 Å². The normalized spacial score (nSPS) is 11.7. The van der Waals surface area contributed by atoms with Gasteiger partial charge in [0.25, 0.3) is 5.69 Å². The van der Waals surface area contributed by atoms with Crippen molar-refractivity contribution < 1.29 is 14.8 Å². The molecule has 3 N–H and O–H groups in total. The highest BCUT2D eigenvalue weighted by Crippen LogP contribution is 2.12. The molecule has 0 heterocycles. The van der Waals surface area contributed by atoms with Crippen LogP contribution in [0, 0.1) is 10.1 Å². The summed E-state index contributed by atoms with van der Waals surface area (Å²) in [6.07, 6.45) is 0.0154. The molecule has 1 aromatic rings. The van der Waals surface area contributed by atoms with Crippen molar-refractivity contribution in [2.24, 2.45) is 0 Å². The number of nitrogens with zero attached hydrogens (tertiary/aromatic N) is 1. The molecular formula is C12H17N3O4. The summed E-state index contributed by atoms with van der Waals surface area (Å²) >= 11 is 0. The van der Waals surface area contributed by atoms with E-state index in [1.54, 1.807) is 19.1 Å². The van der Waals surface area contributed by atoms with Gasteiger partial charge in [-0.25, -0.2) is 4.79 Å². The van der Waals surface area contributed by atoms with Crippen molar-refractivity contribution >= 4 is 11.7 Å². The van der Waals surface area contributed by atoms with Gasteiger partial charge in [-0.2, -0.15) is 0 Å². The summed E-state index contributed by atoms with van der Waals surface area (Å²) in [5.74, 6) is 0. The molecule has 7 heteroatoms. The van der Waals surface area contributed by atoms with Crippen LogP contribution in [-0.2, 0) is 6.54 Å². The Bertz CT molecular complexity index is 448. The predicted octanol–water partition coefficient (Wildman–Crippen LogP) is 1.16. The minimum absolute atomic E-state index is 0.00573. The van der Waals surface area contributed by atoms with Crippen molar-refractivity contribution in [3.8, 4) is 0 Å². The van der Waals surface area contributed by atoms with E-state index in [0.29, 0.717) is 18.5 Å². The Labute approximate surface area is 110 Å². The van der Waals surface area contributed by atoms with E-state index in [-0.39, 0.29) is 18.3 Å². The molecule has 0 aromatic heterocycles. The molecule has 0 bridgehead atoms. The smallest absolute Gasteiger partial charge is 0.315 e. The third-order valence-corrected chi connectivity index (χ3v) is 2.42. The zero-order valence-corrected chi connectivity index (χ0v) is 10.6. The van der Waals surface area contributed by atoms with Crippen LogP contribution in [0.25, 0.3) is 0 Å². The minimum Gasteiger partial charge on any atom is -0.393 e. The fourth-order valence-corrected chi connectivity index (χ4v) is 1.42. The quantitative estimate of drug-likeness (QED) is 0.531. The Balaban J connectivity index is 2.37. The highest BCUT2D eigenvalue weighted by atomic mass is 16.6. The molecule has 0 aliphatic carbocycles. The number of carbonyl (C=O) groups excluding carboxylic acids is 1. The molecule has 0 radical (unpaired) electrons. The summed E-state index contributed by atoms with van der Waals surface area (Å²) in [6.45, 7) is 2.23. The van der Waals surface area contributed by atoms with E-state index in [1.165, 1.54) is 12.1 Å². The first-order valence-corrected chi connectivity index (χ1v) is 5.92. The van der Waals surface area contributed by atoms with Crippen LogP contribution in [-0.4, -0.2) is 28.7 Å². The van der Waals surface area contributed by atoms with Crippen molar-refractivity contribution in [1.29, 1.82) is 0 Å². The Morgan fingerprint density at radius 2 is 2.21 bits per heavy atom. The van der Waals surface area contributed by atoms with E-state index in [4.69, 9.17) is 5.11 Å². The summed E-state index contributed by atoms with van der Waals surface area (Å²) in [5.41, 5.74) is 0.647. The van der Waals surface area contributed by atoms with Gasteiger partial charge in [0, 0.05) is 25.2 Å². The van der Waals surface area contributed by atoms with Crippen molar-refractivity contribution in [3.05, 3.63) is 39.9 Å². The zero-order chi connectivity index (χ0) is 14.3. The lowest BCUT2D eigenvalue weighted by atomic mass is 10.2. The summed E-state index contributed by atoms with van der Waals surface area (Å²) < 4.78 is 0. The van der Waals surface area contributed by atoms with E-state index in [0.717, 1.165) is 0 Å². The number of nitrogens with one attached hydrogen (secondary N) is 2. The van der Waals surface area contributed by atoms with Crippen LogP contribution in [0.1, 0.15) is 18.9 Å². The number of hydrogen-bond donors (Lipinski definition) is 3. The van der Waals surface area contributed by atoms with Crippen molar-refractivity contribution in [1.82, 2.24) is 10.6 Å². The summed E-state index contributed by atoms with van der Waals surface area (Å²) in [5, 5.41) is 24.8. The first-order chi connectivity index (χ1) is 8.99. The largest absolute Gasteiger partial charge is 0.393 e. The van der Waals surface area contributed by atoms with E-state index < -0.39 is 11.0 Å². The standard InChI is InChI=1S/C12H17N3O4/c1-9(16)5-6-13-12(17)14-8-10-3-2-4-11(7-10)15(18)19/h2-4,7,9,16H,5-6,8H2,1H3,(H2,13,14,17). The minimum atomic E-state index is -0.480. The number of benzene rings is 1. The Morgan fingerprint density at radius 1 is 1.47 bits per heavy atom. The molecule has 104 valence electrons. The van der Waals surface area contributed by atoms with Gasteiger partial charge in [-0.05, 0) is 18.9 Å². The van der Waals surface area contributed by atoms with Crippen LogP contribution in [0.3, 0.4) is 0 Å². The van der Waals surface area contributed by atoms with Crippen LogP contribution in [0.5, 0.6) is 0 Å². The van der Waals surface area contributed by atoms with E-state index >= 15 is 0 Å². The summed E-state index contributed by atoms with van der Waals surface area (Å²) in [6, 6.07) is 5.71. The second-order valence-electron chi connectivity index (χ2n) is 4.17. The molecule has 0 saturated carbocycles. The van der Waals surface area contributed by atoms with Gasteiger partial charge >= 0.3 is 6.03 Å². The maximum absolute atomic E-state index is 11.4. The van der Waals surface area contributed by atoms with Crippen LogP contribution < -0.4 is 10.6 Å². The van der Waals surface area contributed by atoms with Gasteiger partial charge in [0.1, 0.15) is 0 Å². The molecule has 1 aromatic carbocycles. The molecule has 1 rings (SSSR count). The average molecular weight is 267 g/mol. The Hall–Kier alpha value is -2.15. The summed E-state index contributed by atoms with van der Waals surface area (Å²) in [4.78, 5) is 21.5. The molecule has 19 heavy (non-hydrogen) atoms. The number of hydrogen-bond acceptors (Lipinski definition) is 4. The lowest BCUT2D eigenvalue weighted by Gasteiger charge is -2.08. The number of nitro benzene ring substituents is 1. The average Bonchev–Trinajstić information content (AvgIpc) is 2.36. The number of amides is 2. The number of urea groups is 1. The predicted molar refractivity (Wildman–Crippen MR) is 69.6 cm³/mol. The van der Waals surface area contributed by atoms with Crippen LogP contribution in [0.15, 0.2) is 24.3 Å². The lowest BCUT2D eigenvalue weighted by Crippen LogP contribution is -2.36. The monoisotopic (exact) mass is 267 g/mol. The number of non-ortho nitro benzene ring substituents is 1. The van der Waals surface area contributed by atoms with Gasteiger partial charge in [-0.3, -0.25) is 10.1 Å². The highest BCUT2D eigenvalue weighted by Gasteiger charge is 2.06. The molecule has 2 amide bonds. The second-order valence-corrected chi connectivity index (χ2v) is 4.17. The molecule has 0 aliphatic rings. The summed E-state index contributed by atoms with van der Waals surface area (Å²) in [7, 11) is 0. The number of carbonyl (C=O) groups is 1. The molecule has 0 fully saturated rings. The third kappa shape index (κ3) is 5.82. The maximum atomic E-state index is 11.4. The number of aliphatic hydroxyl groups is 1. The molecule has 7 nitrogen and oxygen atoms in total. The van der Waals surface area contributed by atoms with Crippen molar-refractivity contribution in [3.63, 3.8) is 0 Å². The van der Waals surface area contributed by atoms with E-state index in [2.05, 4.69) is 10.6 Å². The topological polar surface area (TPSA) is 104 Å². The van der Waals surface area contributed by atoms with E-state index in [9.17, 15) is 14.9 Å². The Morgan fingerprint density at radius 3 is 2.84 bits per heavy atom. The molecule has 0 saturated heterocycles. The molecule has 1 unspecified atom stereocenters. The maximum Gasteiger partial charge on any atom is 0.315 e. The van der Waals surface area contributed by atoms with Crippen LogP contribution >= 0.6 is 0 Å².